The molecule has 1 aliphatic carbocycles. The van der Waals surface area contributed by atoms with Crippen molar-refractivity contribution in [2.75, 3.05) is 32.8 Å². The van der Waals surface area contributed by atoms with Crippen molar-refractivity contribution in [3.63, 3.8) is 0 Å². The van der Waals surface area contributed by atoms with Gasteiger partial charge in [0, 0.05) is 13.2 Å². The predicted octanol–water partition coefficient (Wildman–Crippen LogP) is 4.67. The van der Waals surface area contributed by atoms with Crippen molar-refractivity contribution in [3.8, 4) is 0 Å². The van der Waals surface area contributed by atoms with E-state index in [1.165, 1.54) is 19.3 Å². The van der Waals surface area contributed by atoms with E-state index < -0.39 is 0 Å². The van der Waals surface area contributed by atoms with Crippen LogP contribution >= 0.6 is 0 Å². The highest BCUT2D eigenvalue weighted by atomic mass is 16.5. The van der Waals surface area contributed by atoms with Crippen LogP contribution in [0.2, 0.25) is 0 Å². The zero-order valence-electron chi connectivity index (χ0n) is 17.6. The maximum absolute atomic E-state index is 11.6. The Bertz CT molecular complexity index is 380. The molecule has 0 spiro atoms. The Morgan fingerprint density at radius 1 is 1.11 bits per heavy atom. The fraction of sp³-hybridized carbons (Fsp3) is 0.864. The number of hydrogen-bond donors (Lipinski definition) is 2. The molecule has 1 aliphatic rings. The molecule has 0 aliphatic heterocycles. The summed E-state index contributed by atoms with van der Waals surface area (Å²) >= 11 is 0. The second kappa shape index (κ2) is 15.9. The number of ether oxygens (including phenoxy) is 2. The smallest absolute Gasteiger partial charge is 0.407 e. The minimum atomic E-state index is -0.280. The summed E-state index contributed by atoms with van der Waals surface area (Å²) in [6.45, 7) is 12.1. The van der Waals surface area contributed by atoms with E-state index in [4.69, 9.17) is 9.47 Å². The first kappa shape index (κ1) is 24.0. The monoisotopic (exact) mass is 382 g/mol. The van der Waals surface area contributed by atoms with E-state index in [0.717, 1.165) is 64.8 Å². The SMILES string of the molecule is C=CCCNCCCCCCOC1CCC(CNC(=O)OCC(C)C)CC1. The van der Waals surface area contributed by atoms with Crippen LogP contribution in [0.3, 0.4) is 0 Å². The molecule has 0 heterocycles. The van der Waals surface area contributed by atoms with Crippen LogP contribution in [0.4, 0.5) is 4.79 Å². The lowest BCUT2D eigenvalue weighted by Gasteiger charge is -2.28. The first-order valence-electron chi connectivity index (χ1n) is 11.0. The molecule has 0 aromatic heterocycles. The van der Waals surface area contributed by atoms with Gasteiger partial charge in [0.25, 0.3) is 0 Å². The van der Waals surface area contributed by atoms with Crippen molar-refractivity contribution >= 4 is 6.09 Å². The highest BCUT2D eigenvalue weighted by Gasteiger charge is 2.22. The van der Waals surface area contributed by atoms with E-state index in [0.29, 0.717) is 24.5 Å². The molecule has 1 saturated carbocycles. The highest BCUT2D eigenvalue weighted by molar-refractivity contribution is 5.67. The third-order valence-corrected chi connectivity index (χ3v) is 5.00. The number of carbonyl (C=O) groups excluding carboxylic acids is 1. The van der Waals surface area contributed by atoms with Crippen LogP contribution < -0.4 is 10.6 Å². The molecule has 0 bridgehead atoms. The maximum atomic E-state index is 11.6. The van der Waals surface area contributed by atoms with Crippen LogP contribution in [-0.4, -0.2) is 45.0 Å². The first-order chi connectivity index (χ1) is 13.1. The minimum Gasteiger partial charge on any atom is -0.449 e. The average molecular weight is 383 g/mol. The van der Waals surface area contributed by atoms with Gasteiger partial charge < -0.3 is 20.1 Å². The summed E-state index contributed by atoms with van der Waals surface area (Å²) in [5, 5.41) is 6.32. The number of nitrogens with one attached hydrogen (secondary N) is 2. The van der Waals surface area contributed by atoms with Crippen LogP contribution in [0, 0.1) is 11.8 Å². The molecule has 27 heavy (non-hydrogen) atoms. The molecule has 0 saturated heterocycles. The molecule has 1 amide bonds. The number of hydrogen-bond acceptors (Lipinski definition) is 4. The van der Waals surface area contributed by atoms with Gasteiger partial charge >= 0.3 is 6.09 Å². The van der Waals surface area contributed by atoms with E-state index in [1.54, 1.807) is 0 Å². The predicted molar refractivity (Wildman–Crippen MR) is 112 cm³/mol. The van der Waals surface area contributed by atoms with Gasteiger partial charge in [0.05, 0.1) is 12.7 Å². The summed E-state index contributed by atoms with van der Waals surface area (Å²) in [6.07, 6.45) is 12.6. The molecule has 5 nitrogen and oxygen atoms in total. The molecule has 0 unspecified atom stereocenters. The molecule has 5 heteroatoms. The molecule has 0 radical (unpaired) electrons. The van der Waals surface area contributed by atoms with E-state index >= 15 is 0 Å². The Morgan fingerprint density at radius 2 is 1.85 bits per heavy atom. The molecule has 2 N–H and O–H groups in total. The van der Waals surface area contributed by atoms with Gasteiger partial charge in [-0.05, 0) is 69.9 Å². The van der Waals surface area contributed by atoms with Crippen molar-refractivity contribution in [3.05, 3.63) is 12.7 Å². The molecule has 0 aromatic rings. The summed E-state index contributed by atoms with van der Waals surface area (Å²) in [4.78, 5) is 11.6. The van der Waals surface area contributed by atoms with Gasteiger partial charge in [-0.1, -0.05) is 32.8 Å². The summed E-state index contributed by atoms with van der Waals surface area (Å²) in [6, 6.07) is 0. The molecule has 0 atom stereocenters. The molecule has 1 rings (SSSR count). The van der Waals surface area contributed by atoms with Gasteiger partial charge in [-0.2, -0.15) is 0 Å². The van der Waals surface area contributed by atoms with Crippen LogP contribution in [0.5, 0.6) is 0 Å². The number of unbranched alkanes of at least 4 members (excludes halogenated alkanes) is 3. The Balaban J connectivity index is 1.91. The van der Waals surface area contributed by atoms with Gasteiger partial charge in [0.2, 0.25) is 0 Å². The standard InChI is InChI=1S/C22H42N2O3/c1-4-5-14-23-15-8-6-7-9-16-26-21-12-10-20(11-13-21)17-24-22(25)27-18-19(2)3/h4,19-21,23H,1,5-18H2,2-3H3,(H,24,25). The molecule has 1 fully saturated rings. The Hall–Kier alpha value is -1.07. The van der Waals surface area contributed by atoms with Crippen LogP contribution in [0.15, 0.2) is 12.7 Å². The third-order valence-electron chi connectivity index (χ3n) is 5.00. The molecular formula is C22H42N2O3. The zero-order valence-corrected chi connectivity index (χ0v) is 17.6. The molecule has 0 aromatic carbocycles. The summed E-state index contributed by atoms with van der Waals surface area (Å²) in [5.74, 6) is 0.937. The van der Waals surface area contributed by atoms with Gasteiger partial charge in [0.15, 0.2) is 0 Å². The molecular weight excluding hydrogens is 340 g/mol. The third kappa shape index (κ3) is 13.7. The minimum absolute atomic E-state index is 0.280. The maximum Gasteiger partial charge on any atom is 0.407 e. The fourth-order valence-corrected chi connectivity index (χ4v) is 3.31. The normalized spacial score (nSPS) is 19.8. The van der Waals surface area contributed by atoms with Crippen molar-refractivity contribution in [2.45, 2.75) is 77.7 Å². The average Bonchev–Trinajstić information content (AvgIpc) is 2.67. The van der Waals surface area contributed by atoms with Crippen molar-refractivity contribution in [1.29, 1.82) is 0 Å². The Kier molecular flexibility index (Phi) is 14.1. The molecule has 158 valence electrons. The van der Waals surface area contributed by atoms with E-state index in [-0.39, 0.29) is 6.09 Å². The Morgan fingerprint density at radius 3 is 2.56 bits per heavy atom. The van der Waals surface area contributed by atoms with Crippen LogP contribution in [-0.2, 0) is 9.47 Å². The van der Waals surface area contributed by atoms with Crippen LogP contribution in [0.25, 0.3) is 0 Å². The fourth-order valence-electron chi connectivity index (χ4n) is 3.31. The number of alkyl carbamates (subject to hydrolysis) is 1. The van der Waals surface area contributed by atoms with Crippen molar-refractivity contribution < 1.29 is 14.3 Å². The lowest BCUT2D eigenvalue weighted by molar-refractivity contribution is 0.0161. The van der Waals surface area contributed by atoms with Gasteiger partial charge in [-0.25, -0.2) is 4.79 Å². The van der Waals surface area contributed by atoms with Crippen LogP contribution in [0.1, 0.15) is 71.6 Å². The second-order valence-corrected chi connectivity index (χ2v) is 8.13. The number of carbonyl (C=O) groups is 1. The first-order valence-corrected chi connectivity index (χ1v) is 11.0. The zero-order chi connectivity index (χ0) is 19.7. The van der Waals surface area contributed by atoms with Gasteiger partial charge in [-0.3, -0.25) is 0 Å². The number of amides is 1. The Labute approximate surface area is 166 Å². The van der Waals surface area contributed by atoms with E-state index in [9.17, 15) is 4.79 Å². The lowest BCUT2D eigenvalue weighted by Crippen LogP contribution is -2.33. The van der Waals surface area contributed by atoms with E-state index in [1.807, 2.05) is 19.9 Å². The van der Waals surface area contributed by atoms with Crippen molar-refractivity contribution in [2.24, 2.45) is 11.8 Å². The second-order valence-electron chi connectivity index (χ2n) is 8.13. The highest BCUT2D eigenvalue weighted by Crippen LogP contribution is 2.26. The summed E-state index contributed by atoms with van der Waals surface area (Å²) in [5.41, 5.74) is 0. The quantitative estimate of drug-likeness (QED) is 0.319. The van der Waals surface area contributed by atoms with Gasteiger partial charge in [-0.15, -0.1) is 6.58 Å². The van der Waals surface area contributed by atoms with Gasteiger partial charge in [0.1, 0.15) is 0 Å². The largest absolute Gasteiger partial charge is 0.449 e. The topological polar surface area (TPSA) is 59.6 Å². The summed E-state index contributed by atoms with van der Waals surface area (Å²) in [7, 11) is 0. The van der Waals surface area contributed by atoms with Crippen molar-refractivity contribution in [1.82, 2.24) is 10.6 Å². The number of rotatable bonds is 15. The lowest BCUT2D eigenvalue weighted by atomic mass is 9.87. The summed E-state index contributed by atoms with van der Waals surface area (Å²) < 4.78 is 11.2. The van der Waals surface area contributed by atoms with E-state index in [2.05, 4.69) is 17.2 Å².